The number of ether oxygens (including phenoxy) is 1. The Labute approximate surface area is 128 Å². The van der Waals surface area contributed by atoms with E-state index in [4.69, 9.17) is 11.6 Å². The van der Waals surface area contributed by atoms with Crippen molar-refractivity contribution in [1.29, 1.82) is 0 Å². The van der Waals surface area contributed by atoms with Crippen LogP contribution in [0.15, 0.2) is 24.3 Å². The molecule has 21 heavy (non-hydrogen) atoms. The van der Waals surface area contributed by atoms with Crippen LogP contribution in [0.3, 0.4) is 0 Å². The molecule has 0 N–H and O–H groups in total. The van der Waals surface area contributed by atoms with Crippen molar-refractivity contribution < 1.29 is 18.7 Å². The van der Waals surface area contributed by atoms with Crippen molar-refractivity contribution in [2.24, 2.45) is 0 Å². The summed E-state index contributed by atoms with van der Waals surface area (Å²) in [4.78, 5) is 24.6. The fraction of sp³-hybridized carbons (Fsp3) is 0.333. The fourth-order valence-corrected chi connectivity index (χ4v) is 1.91. The van der Waals surface area contributed by atoms with E-state index in [0.29, 0.717) is 13.0 Å². The predicted octanol–water partition coefficient (Wildman–Crippen LogP) is 2.90. The second-order valence-corrected chi connectivity index (χ2v) is 4.71. The molecule has 0 bridgehead atoms. The number of hydrogen-bond acceptors (Lipinski definition) is 3. The quantitative estimate of drug-likeness (QED) is 0.599. The first-order valence-electron chi connectivity index (χ1n) is 6.47. The molecule has 4 nitrogen and oxygen atoms in total. The third-order valence-electron chi connectivity index (χ3n) is 2.75. The molecule has 0 saturated heterocycles. The van der Waals surface area contributed by atoms with Crippen molar-refractivity contribution >= 4 is 29.6 Å². The average molecular weight is 314 g/mol. The van der Waals surface area contributed by atoms with Gasteiger partial charge in [0.2, 0.25) is 5.91 Å². The zero-order chi connectivity index (χ0) is 15.8. The summed E-state index contributed by atoms with van der Waals surface area (Å²) in [6.45, 7) is 2.15. The predicted molar refractivity (Wildman–Crippen MR) is 79.3 cm³/mol. The van der Waals surface area contributed by atoms with E-state index >= 15 is 0 Å². The van der Waals surface area contributed by atoms with E-state index < -0.39 is 17.7 Å². The van der Waals surface area contributed by atoms with Crippen LogP contribution in [0.4, 0.5) is 4.39 Å². The van der Waals surface area contributed by atoms with Crippen LogP contribution in [-0.2, 0) is 14.3 Å². The first-order chi connectivity index (χ1) is 9.99. The molecule has 0 aliphatic heterocycles. The number of benzene rings is 1. The van der Waals surface area contributed by atoms with Crippen LogP contribution in [0.5, 0.6) is 0 Å². The normalized spacial score (nSPS) is 10.7. The van der Waals surface area contributed by atoms with Crippen LogP contribution < -0.4 is 0 Å². The van der Waals surface area contributed by atoms with Crippen molar-refractivity contribution in [1.82, 2.24) is 4.90 Å². The summed E-state index contributed by atoms with van der Waals surface area (Å²) in [5, 5.41) is 0.217. The number of rotatable bonds is 6. The van der Waals surface area contributed by atoms with E-state index in [1.54, 1.807) is 0 Å². The van der Waals surface area contributed by atoms with E-state index in [9.17, 15) is 14.0 Å². The maximum absolute atomic E-state index is 13.6. The smallest absolute Gasteiger partial charge is 0.325 e. The molecule has 1 amide bonds. The summed E-state index contributed by atoms with van der Waals surface area (Å²) in [7, 11) is 1.26. The summed E-state index contributed by atoms with van der Waals surface area (Å²) in [5.41, 5.74) is 0.141. The number of amides is 1. The van der Waals surface area contributed by atoms with Gasteiger partial charge in [0.1, 0.15) is 12.4 Å². The monoisotopic (exact) mass is 313 g/mol. The van der Waals surface area contributed by atoms with E-state index in [2.05, 4.69) is 4.74 Å². The average Bonchev–Trinajstić information content (AvgIpc) is 2.45. The number of carbonyl (C=O) groups excluding carboxylic acids is 2. The third-order valence-corrected chi connectivity index (χ3v) is 3.07. The molecule has 0 aliphatic carbocycles. The van der Waals surface area contributed by atoms with Gasteiger partial charge < -0.3 is 9.64 Å². The number of hydrogen-bond donors (Lipinski definition) is 0. The highest BCUT2D eigenvalue weighted by atomic mass is 35.5. The van der Waals surface area contributed by atoms with Gasteiger partial charge in [0, 0.05) is 18.2 Å². The Kier molecular flexibility index (Phi) is 6.88. The molecular formula is C15H17ClFNO3. The molecule has 0 aliphatic rings. The Balaban J connectivity index is 2.85. The Morgan fingerprint density at radius 3 is 2.71 bits per heavy atom. The highest BCUT2D eigenvalue weighted by Gasteiger charge is 2.14. The van der Waals surface area contributed by atoms with Gasteiger partial charge >= 0.3 is 5.97 Å². The van der Waals surface area contributed by atoms with E-state index in [-0.39, 0.29) is 17.1 Å². The van der Waals surface area contributed by atoms with E-state index in [1.807, 2.05) is 6.92 Å². The number of methoxy groups -OCH3 is 1. The summed E-state index contributed by atoms with van der Waals surface area (Å²) >= 11 is 5.87. The maximum atomic E-state index is 13.6. The molecule has 0 saturated carbocycles. The highest BCUT2D eigenvalue weighted by Crippen LogP contribution is 2.20. The summed E-state index contributed by atoms with van der Waals surface area (Å²) in [6.07, 6.45) is 3.19. The molecule has 0 spiro atoms. The van der Waals surface area contributed by atoms with Crippen molar-refractivity contribution in [2.75, 3.05) is 20.2 Å². The van der Waals surface area contributed by atoms with Gasteiger partial charge in [-0.05, 0) is 24.6 Å². The van der Waals surface area contributed by atoms with Gasteiger partial charge in [0.05, 0.1) is 12.1 Å². The lowest BCUT2D eigenvalue weighted by atomic mass is 10.2. The SMILES string of the molecule is CCCN(CC(=O)OC)C(=O)C=Cc1c(F)cccc1Cl. The van der Waals surface area contributed by atoms with Gasteiger partial charge in [0.25, 0.3) is 0 Å². The van der Waals surface area contributed by atoms with E-state index in [1.165, 1.54) is 42.4 Å². The fourth-order valence-electron chi connectivity index (χ4n) is 1.69. The van der Waals surface area contributed by atoms with Gasteiger partial charge in [-0.3, -0.25) is 9.59 Å². The second kappa shape index (κ2) is 8.42. The van der Waals surface area contributed by atoms with Gasteiger partial charge in [-0.2, -0.15) is 0 Å². The minimum absolute atomic E-state index is 0.140. The largest absolute Gasteiger partial charge is 0.468 e. The van der Waals surface area contributed by atoms with Gasteiger partial charge in [-0.25, -0.2) is 4.39 Å². The molecule has 1 rings (SSSR count). The minimum atomic E-state index is -0.512. The topological polar surface area (TPSA) is 46.6 Å². The molecule has 1 aromatic rings. The first-order valence-corrected chi connectivity index (χ1v) is 6.85. The van der Waals surface area contributed by atoms with Crippen LogP contribution in [0.25, 0.3) is 6.08 Å². The molecule has 0 aromatic heterocycles. The second-order valence-electron chi connectivity index (χ2n) is 4.30. The lowest BCUT2D eigenvalue weighted by molar-refractivity contribution is -0.145. The molecule has 6 heteroatoms. The summed E-state index contributed by atoms with van der Waals surface area (Å²) in [5.74, 6) is -1.42. The molecule has 1 aromatic carbocycles. The Bertz CT molecular complexity index is 525. The lowest BCUT2D eigenvalue weighted by Crippen LogP contribution is -2.35. The highest BCUT2D eigenvalue weighted by molar-refractivity contribution is 6.32. The third kappa shape index (κ3) is 5.19. The number of halogens is 2. The Hall–Kier alpha value is -1.88. The van der Waals surface area contributed by atoms with Crippen molar-refractivity contribution in [3.63, 3.8) is 0 Å². The zero-order valence-electron chi connectivity index (χ0n) is 11.9. The van der Waals surface area contributed by atoms with E-state index in [0.717, 1.165) is 0 Å². The number of esters is 1. The molecule has 0 fully saturated rings. The number of nitrogens with zero attached hydrogens (tertiary/aromatic N) is 1. The number of carbonyl (C=O) groups is 2. The van der Waals surface area contributed by atoms with Crippen molar-refractivity contribution in [3.8, 4) is 0 Å². The molecule has 114 valence electrons. The minimum Gasteiger partial charge on any atom is -0.468 e. The van der Waals surface area contributed by atoms with Gasteiger partial charge in [0.15, 0.2) is 0 Å². The summed E-state index contributed by atoms with van der Waals surface area (Å²) < 4.78 is 18.1. The van der Waals surface area contributed by atoms with Crippen LogP contribution in [0.1, 0.15) is 18.9 Å². The van der Waals surface area contributed by atoms with Crippen LogP contribution >= 0.6 is 11.6 Å². The molecule has 0 unspecified atom stereocenters. The molecular weight excluding hydrogens is 297 g/mol. The molecule has 0 radical (unpaired) electrons. The first kappa shape index (κ1) is 17.2. The van der Waals surface area contributed by atoms with Crippen molar-refractivity contribution in [2.45, 2.75) is 13.3 Å². The van der Waals surface area contributed by atoms with Crippen molar-refractivity contribution in [3.05, 3.63) is 40.7 Å². The van der Waals surface area contributed by atoms with Crippen LogP contribution in [0.2, 0.25) is 5.02 Å². The van der Waals surface area contributed by atoms with Crippen LogP contribution in [0, 0.1) is 5.82 Å². The summed E-state index contributed by atoms with van der Waals surface area (Å²) in [6, 6.07) is 4.28. The maximum Gasteiger partial charge on any atom is 0.325 e. The zero-order valence-corrected chi connectivity index (χ0v) is 12.7. The Morgan fingerprint density at radius 2 is 2.14 bits per heavy atom. The van der Waals surface area contributed by atoms with Gasteiger partial charge in [-0.1, -0.05) is 24.6 Å². The molecule has 0 atom stereocenters. The molecule has 0 heterocycles. The standard InChI is InChI=1S/C15H17ClFNO3/c1-3-9-18(10-15(20)21-2)14(19)8-7-11-12(16)5-4-6-13(11)17/h4-8H,3,9-10H2,1-2H3. The van der Waals surface area contributed by atoms with Gasteiger partial charge in [-0.15, -0.1) is 0 Å². The van der Waals surface area contributed by atoms with Crippen LogP contribution in [-0.4, -0.2) is 37.0 Å². The lowest BCUT2D eigenvalue weighted by Gasteiger charge is -2.18. The Morgan fingerprint density at radius 1 is 1.43 bits per heavy atom.